The summed E-state index contributed by atoms with van der Waals surface area (Å²) in [6.07, 6.45) is 1.36. The van der Waals surface area contributed by atoms with E-state index in [0.29, 0.717) is 33.3 Å². The molecule has 0 aliphatic heterocycles. The van der Waals surface area contributed by atoms with Crippen molar-refractivity contribution in [1.29, 1.82) is 0 Å². The minimum atomic E-state index is -0.539. The van der Waals surface area contributed by atoms with E-state index in [9.17, 15) is 9.90 Å². The predicted molar refractivity (Wildman–Crippen MR) is 166 cm³/mol. The van der Waals surface area contributed by atoms with Gasteiger partial charge in [-0.2, -0.15) is 5.10 Å². The Hall–Kier alpha value is -4.35. The molecule has 3 N–H and O–H groups in total. The number of nitrogens with zero attached hydrogens (tertiary/aromatic N) is 4. The molecule has 5 aromatic rings. The van der Waals surface area contributed by atoms with Crippen molar-refractivity contribution in [3.8, 4) is 17.2 Å². The zero-order valence-corrected chi connectivity index (χ0v) is 24.7. The van der Waals surface area contributed by atoms with Crippen LogP contribution in [0.15, 0.2) is 99.7 Å². The molecule has 11 heteroatoms. The molecule has 41 heavy (non-hydrogen) atoms. The summed E-state index contributed by atoms with van der Waals surface area (Å²) < 4.78 is 7.81. The number of phenols is 1. The molecule has 0 aliphatic rings. The number of para-hydroxylation sites is 1. The normalized spacial score (nSPS) is 12.0. The summed E-state index contributed by atoms with van der Waals surface area (Å²) in [5, 5.41) is 29.0. The summed E-state index contributed by atoms with van der Waals surface area (Å²) in [4.78, 5) is 12.9. The van der Waals surface area contributed by atoms with Gasteiger partial charge in [-0.05, 0) is 42.6 Å². The first-order valence-electron chi connectivity index (χ1n) is 12.7. The lowest BCUT2D eigenvalue weighted by Gasteiger charge is -2.14. The molecular formula is C30H27BrN6O3S. The van der Waals surface area contributed by atoms with Crippen molar-refractivity contribution in [2.45, 2.75) is 23.9 Å². The van der Waals surface area contributed by atoms with Crippen LogP contribution in [0, 0.1) is 0 Å². The summed E-state index contributed by atoms with van der Waals surface area (Å²) >= 11 is 4.64. The Kier molecular flexibility index (Phi) is 8.85. The number of hydrogen-bond donors (Lipinski definition) is 3. The van der Waals surface area contributed by atoms with Gasteiger partial charge in [0.15, 0.2) is 22.5 Å². The lowest BCUT2D eigenvalue weighted by atomic mass is 10.1. The predicted octanol–water partition coefficient (Wildman–Crippen LogP) is 6.14. The number of rotatable bonds is 10. The third kappa shape index (κ3) is 6.53. The van der Waals surface area contributed by atoms with Gasteiger partial charge in [-0.3, -0.25) is 9.36 Å². The van der Waals surface area contributed by atoms with Crippen LogP contribution in [-0.4, -0.2) is 44.4 Å². The molecule has 1 atom stereocenters. The van der Waals surface area contributed by atoms with Crippen LogP contribution in [-0.2, 0) is 11.3 Å². The van der Waals surface area contributed by atoms with E-state index in [2.05, 4.69) is 60.2 Å². The van der Waals surface area contributed by atoms with Gasteiger partial charge in [-0.15, -0.1) is 10.2 Å². The highest BCUT2D eigenvalue weighted by atomic mass is 79.9. The Morgan fingerprint density at radius 2 is 1.85 bits per heavy atom. The van der Waals surface area contributed by atoms with E-state index in [1.165, 1.54) is 25.1 Å². The standard InChI is InChI=1S/C30H27BrN6O3S/c1-19(29(39)35-33-17-21-15-22(31)16-26(40-2)28(21)38)41-30-36-34-27(37(30)23-11-4-3-5-12-23)18-32-25-14-8-10-20-9-6-7-13-24(20)25/h3-17,19,32,38H,18H2,1-2H3,(H,35,39)/b33-17+. The van der Waals surface area contributed by atoms with Crippen LogP contribution in [0.5, 0.6) is 11.5 Å². The quantitative estimate of drug-likeness (QED) is 0.0964. The van der Waals surface area contributed by atoms with Crippen molar-refractivity contribution in [2.24, 2.45) is 5.10 Å². The number of methoxy groups -OCH3 is 1. The maximum absolute atomic E-state index is 12.9. The average molecular weight is 632 g/mol. The van der Waals surface area contributed by atoms with E-state index in [4.69, 9.17) is 4.74 Å². The van der Waals surface area contributed by atoms with Gasteiger partial charge in [0, 0.05) is 26.8 Å². The van der Waals surface area contributed by atoms with Crippen LogP contribution >= 0.6 is 27.7 Å². The van der Waals surface area contributed by atoms with Gasteiger partial charge in [-0.1, -0.05) is 82.3 Å². The zero-order chi connectivity index (χ0) is 28.8. The highest BCUT2D eigenvalue weighted by Gasteiger charge is 2.21. The number of halogens is 1. The number of hydrazone groups is 1. The van der Waals surface area contributed by atoms with E-state index < -0.39 is 5.25 Å². The molecule has 1 heterocycles. The lowest BCUT2D eigenvalue weighted by molar-refractivity contribution is -0.120. The van der Waals surface area contributed by atoms with Crippen LogP contribution in [0.2, 0.25) is 0 Å². The van der Waals surface area contributed by atoms with Gasteiger partial charge in [0.05, 0.1) is 25.1 Å². The fourth-order valence-corrected chi connectivity index (χ4v) is 5.53. The fraction of sp³-hybridized carbons (Fsp3) is 0.133. The minimum Gasteiger partial charge on any atom is -0.504 e. The number of anilines is 1. The summed E-state index contributed by atoms with van der Waals surface area (Å²) in [6.45, 7) is 2.20. The van der Waals surface area contributed by atoms with E-state index >= 15 is 0 Å². The first-order chi connectivity index (χ1) is 19.9. The second-order valence-electron chi connectivity index (χ2n) is 8.99. The Bertz CT molecular complexity index is 1700. The van der Waals surface area contributed by atoms with Gasteiger partial charge >= 0.3 is 0 Å². The van der Waals surface area contributed by atoms with Crippen molar-refractivity contribution in [2.75, 3.05) is 12.4 Å². The smallest absolute Gasteiger partial charge is 0.253 e. The molecule has 0 fully saturated rings. The Morgan fingerprint density at radius 1 is 1.10 bits per heavy atom. The largest absolute Gasteiger partial charge is 0.504 e. The molecule has 208 valence electrons. The highest BCUT2D eigenvalue weighted by molar-refractivity contribution is 9.10. The number of benzene rings is 4. The van der Waals surface area contributed by atoms with Crippen LogP contribution in [0.1, 0.15) is 18.3 Å². The number of aromatic nitrogens is 3. The number of thioether (sulfide) groups is 1. The van der Waals surface area contributed by atoms with Crippen molar-refractivity contribution >= 4 is 56.3 Å². The van der Waals surface area contributed by atoms with Crippen LogP contribution in [0.25, 0.3) is 16.5 Å². The molecule has 9 nitrogen and oxygen atoms in total. The van der Waals surface area contributed by atoms with E-state index in [1.54, 1.807) is 19.1 Å². The topological polar surface area (TPSA) is 114 Å². The first kappa shape index (κ1) is 28.2. The Morgan fingerprint density at radius 3 is 2.66 bits per heavy atom. The number of nitrogens with one attached hydrogen (secondary N) is 2. The Labute approximate surface area is 249 Å². The second-order valence-corrected chi connectivity index (χ2v) is 11.2. The monoisotopic (exact) mass is 630 g/mol. The van der Waals surface area contributed by atoms with Crippen LogP contribution in [0.4, 0.5) is 5.69 Å². The molecule has 5 rings (SSSR count). The molecule has 1 amide bonds. The molecule has 0 saturated carbocycles. The maximum Gasteiger partial charge on any atom is 0.253 e. The number of carbonyl (C=O) groups excluding carboxylic acids is 1. The maximum atomic E-state index is 12.9. The number of ether oxygens (including phenoxy) is 1. The molecule has 0 aliphatic carbocycles. The van der Waals surface area contributed by atoms with Gasteiger partial charge in [0.1, 0.15) is 0 Å². The number of phenolic OH excluding ortho intramolecular Hbond substituents is 1. The molecule has 0 spiro atoms. The number of amides is 1. The summed E-state index contributed by atoms with van der Waals surface area (Å²) in [6, 6.07) is 27.4. The van der Waals surface area contributed by atoms with E-state index in [-0.39, 0.29) is 11.7 Å². The molecular weight excluding hydrogens is 604 g/mol. The van der Waals surface area contributed by atoms with E-state index in [1.807, 2.05) is 59.2 Å². The first-order valence-corrected chi connectivity index (χ1v) is 14.4. The van der Waals surface area contributed by atoms with Gasteiger partial charge < -0.3 is 15.2 Å². The second kappa shape index (κ2) is 12.9. The van der Waals surface area contributed by atoms with Crippen LogP contribution in [0.3, 0.4) is 0 Å². The third-order valence-electron chi connectivity index (χ3n) is 6.26. The SMILES string of the molecule is COc1cc(Br)cc(/C=N/NC(=O)C(C)Sc2nnc(CNc3cccc4ccccc34)n2-c2ccccc2)c1O. The van der Waals surface area contributed by atoms with Crippen molar-refractivity contribution in [3.63, 3.8) is 0 Å². The molecule has 1 aromatic heterocycles. The van der Waals surface area contributed by atoms with Crippen LogP contribution < -0.4 is 15.5 Å². The summed E-state index contributed by atoms with van der Waals surface area (Å²) in [5.74, 6) is 0.598. The highest BCUT2D eigenvalue weighted by Crippen LogP contribution is 2.32. The molecule has 0 saturated heterocycles. The molecule has 1 unspecified atom stereocenters. The van der Waals surface area contributed by atoms with Gasteiger partial charge in [0.25, 0.3) is 5.91 Å². The van der Waals surface area contributed by atoms with Gasteiger partial charge in [-0.25, -0.2) is 5.43 Å². The average Bonchev–Trinajstić information content (AvgIpc) is 3.39. The minimum absolute atomic E-state index is 0.0725. The molecule has 0 radical (unpaired) electrons. The number of carbonyl (C=O) groups is 1. The van der Waals surface area contributed by atoms with Gasteiger partial charge in [0.2, 0.25) is 0 Å². The summed E-state index contributed by atoms with van der Waals surface area (Å²) in [5.41, 5.74) is 4.82. The fourth-order valence-electron chi connectivity index (χ4n) is 4.20. The van der Waals surface area contributed by atoms with Crippen molar-refractivity contribution in [1.82, 2.24) is 20.2 Å². The van der Waals surface area contributed by atoms with Crippen molar-refractivity contribution < 1.29 is 14.6 Å². The van der Waals surface area contributed by atoms with E-state index in [0.717, 1.165) is 22.1 Å². The third-order valence-corrected chi connectivity index (χ3v) is 7.76. The summed E-state index contributed by atoms with van der Waals surface area (Å²) in [7, 11) is 1.46. The zero-order valence-electron chi connectivity index (χ0n) is 22.3. The number of fused-ring (bicyclic) bond motifs is 1. The number of hydrogen-bond acceptors (Lipinski definition) is 8. The van der Waals surface area contributed by atoms with Crippen molar-refractivity contribution in [3.05, 3.63) is 101 Å². The lowest BCUT2D eigenvalue weighted by Crippen LogP contribution is -2.27. The Balaban J connectivity index is 1.32. The molecule has 0 bridgehead atoms. The molecule has 4 aromatic carbocycles. The number of aromatic hydroxyl groups is 1.